The first-order valence-corrected chi connectivity index (χ1v) is 5.72. The average molecular weight is 269 g/mol. The molecule has 1 aromatic carbocycles. The van der Waals surface area contributed by atoms with Crippen molar-refractivity contribution in [2.75, 3.05) is 0 Å². The van der Waals surface area contributed by atoms with E-state index in [2.05, 4.69) is 34.9 Å². The number of phenols is 1. The Bertz CT molecular complexity index is 491. The summed E-state index contributed by atoms with van der Waals surface area (Å²) in [6.07, 6.45) is 0. The topological polar surface area (TPSA) is 38.0 Å². The highest BCUT2D eigenvalue weighted by Gasteiger charge is 2.09. The number of aromatic hydroxyl groups is 1. The molecule has 0 unspecified atom stereocenters. The summed E-state index contributed by atoms with van der Waals surface area (Å²) in [4.78, 5) is 0. The monoisotopic (exact) mass is 268 g/mol. The third-order valence-corrected chi connectivity index (χ3v) is 2.81. The number of benzene rings is 1. The summed E-state index contributed by atoms with van der Waals surface area (Å²) in [5, 5.41) is 14.7. The molecule has 0 saturated carbocycles. The van der Waals surface area contributed by atoms with Gasteiger partial charge in [-0.25, -0.2) is 0 Å². The van der Waals surface area contributed by atoms with Crippen molar-refractivity contribution >= 4 is 26.8 Å². The Morgan fingerprint density at radius 2 is 2.20 bits per heavy atom. The van der Waals surface area contributed by atoms with Gasteiger partial charge >= 0.3 is 0 Å². The molecule has 0 aliphatic rings. The van der Waals surface area contributed by atoms with Crippen LogP contribution < -0.4 is 0 Å². The molecule has 1 N–H and O–H groups in total. The molecule has 4 heteroatoms. The van der Waals surface area contributed by atoms with Crippen LogP contribution in [0.2, 0.25) is 0 Å². The molecule has 1 heterocycles. The number of halogens is 1. The van der Waals surface area contributed by atoms with Crippen molar-refractivity contribution in [2.45, 2.75) is 20.4 Å². The van der Waals surface area contributed by atoms with Crippen LogP contribution in [0, 0.1) is 5.92 Å². The van der Waals surface area contributed by atoms with Crippen LogP contribution >= 0.6 is 15.9 Å². The lowest BCUT2D eigenvalue weighted by molar-refractivity contribution is 0.476. The summed E-state index contributed by atoms with van der Waals surface area (Å²) in [5.74, 6) is 0.820. The summed E-state index contributed by atoms with van der Waals surface area (Å²) in [5.41, 5.74) is 1.05. The molecule has 0 spiro atoms. The van der Waals surface area contributed by atoms with Gasteiger partial charge in [-0.15, -0.1) is 0 Å². The van der Waals surface area contributed by atoms with E-state index in [0.717, 1.165) is 22.1 Å². The Morgan fingerprint density at radius 3 is 2.87 bits per heavy atom. The number of hydrogen-bond acceptors (Lipinski definition) is 2. The number of rotatable bonds is 2. The lowest BCUT2D eigenvalue weighted by Crippen LogP contribution is -2.05. The van der Waals surface area contributed by atoms with Crippen LogP contribution in [-0.2, 0) is 6.54 Å². The van der Waals surface area contributed by atoms with Crippen molar-refractivity contribution in [3.63, 3.8) is 0 Å². The van der Waals surface area contributed by atoms with E-state index in [0.29, 0.717) is 5.92 Å². The second kappa shape index (κ2) is 3.85. The molecule has 80 valence electrons. The van der Waals surface area contributed by atoms with Crippen molar-refractivity contribution < 1.29 is 5.11 Å². The maximum Gasteiger partial charge on any atom is 0.136 e. The molecule has 0 fully saturated rings. The van der Waals surface area contributed by atoms with Gasteiger partial charge in [-0.05, 0) is 40.0 Å². The van der Waals surface area contributed by atoms with E-state index >= 15 is 0 Å². The predicted molar refractivity (Wildman–Crippen MR) is 63.9 cm³/mol. The van der Waals surface area contributed by atoms with E-state index in [1.165, 1.54) is 0 Å². The Labute approximate surface area is 96.8 Å². The maximum atomic E-state index is 9.39. The maximum absolute atomic E-state index is 9.39. The lowest BCUT2D eigenvalue weighted by Gasteiger charge is -2.05. The van der Waals surface area contributed by atoms with Gasteiger partial charge in [-0.2, -0.15) is 5.10 Å². The quantitative estimate of drug-likeness (QED) is 0.909. The Balaban J connectivity index is 2.57. The van der Waals surface area contributed by atoms with E-state index in [9.17, 15) is 5.11 Å². The van der Waals surface area contributed by atoms with Crippen LogP contribution in [0.3, 0.4) is 0 Å². The minimum Gasteiger partial charge on any atom is -0.508 e. The Hall–Kier alpha value is -1.03. The van der Waals surface area contributed by atoms with Crippen LogP contribution in [0.1, 0.15) is 13.8 Å². The van der Waals surface area contributed by atoms with E-state index < -0.39 is 0 Å². The second-order valence-electron chi connectivity index (χ2n) is 4.07. The van der Waals surface area contributed by atoms with E-state index in [4.69, 9.17) is 0 Å². The second-order valence-corrected chi connectivity index (χ2v) is 4.82. The number of aromatic nitrogens is 2. The molecule has 0 bridgehead atoms. The molecule has 0 radical (unpaired) electrons. The first-order chi connectivity index (χ1) is 7.08. The average Bonchev–Trinajstić information content (AvgIpc) is 2.42. The summed E-state index contributed by atoms with van der Waals surface area (Å²) in [6, 6.07) is 5.31. The minimum absolute atomic E-state index is 0.271. The first kappa shape index (κ1) is 10.5. The smallest absolute Gasteiger partial charge is 0.136 e. The van der Waals surface area contributed by atoms with Gasteiger partial charge in [-0.1, -0.05) is 13.8 Å². The van der Waals surface area contributed by atoms with Crippen molar-refractivity contribution in [3.05, 3.63) is 22.8 Å². The SMILES string of the molecule is CC(C)Cn1nc(Br)c2cc(O)ccc21. The molecule has 0 atom stereocenters. The fourth-order valence-corrected chi connectivity index (χ4v) is 2.12. The number of fused-ring (bicyclic) bond motifs is 1. The zero-order valence-electron chi connectivity index (χ0n) is 8.74. The molecular weight excluding hydrogens is 256 g/mol. The molecule has 0 saturated heterocycles. The van der Waals surface area contributed by atoms with Gasteiger partial charge in [-0.3, -0.25) is 4.68 Å². The molecule has 0 aliphatic carbocycles. The molecular formula is C11H13BrN2O. The zero-order chi connectivity index (χ0) is 11.0. The standard InChI is InChI=1S/C11H13BrN2O/c1-7(2)6-14-10-4-3-8(15)5-9(10)11(12)13-14/h3-5,7,15H,6H2,1-2H3. The highest BCUT2D eigenvalue weighted by molar-refractivity contribution is 9.10. The first-order valence-electron chi connectivity index (χ1n) is 4.93. The molecule has 15 heavy (non-hydrogen) atoms. The third-order valence-electron chi connectivity index (χ3n) is 2.23. The van der Waals surface area contributed by atoms with Crippen LogP contribution in [-0.4, -0.2) is 14.9 Å². The molecule has 0 amide bonds. The predicted octanol–water partition coefficient (Wildman–Crippen LogP) is 3.16. The van der Waals surface area contributed by atoms with Crippen molar-refractivity contribution in [3.8, 4) is 5.75 Å². The number of nitrogens with zero attached hydrogens (tertiary/aromatic N) is 2. The number of phenolic OH excluding ortho intramolecular Hbond substituents is 1. The fraction of sp³-hybridized carbons (Fsp3) is 0.364. The van der Waals surface area contributed by atoms with Gasteiger partial charge < -0.3 is 5.11 Å². The van der Waals surface area contributed by atoms with Crippen LogP contribution in [0.5, 0.6) is 5.75 Å². The van der Waals surface area contributed by atoms with Gasteiger partial charge in [0.1, 0.15) is 10.4 Å². The number of hydrogen-bond donors (Lipinski definition) is 1. The molecule has 2 rings (SSSR count). The van der Waals surface area contributed by atoms with Crippen LogP contribution in [0.4, 0.5) is 0 Å². The van der Waals surface area contributed by atoms with Crippen LogP contribution in [0.25, 0.3) is 10.9 Å². The summed E-state index contributed by atoms with van der Waals surface area (Å²) < 4.78 is 2.75. The van der Waals surface area contributed by atoms with Crippen molar-refractivity contribution in [2.24, 2.45) is 5.92 Å². The summed E-state index contributed by atoms with van der Waals surface area (Å²) in [7, 11) is 0. The summed E-state index contributed by atoms with van der Waals surface area (Å²) >= 11 is 3.40. The molecule has 1 aromatic heterocycles. The van der Waals surface area contributed by atoms with Crippen molar-refractivity contribution in [1.82, 2.24) is 9.78 Å². The van der Waals surface area contributed by atoms with Gasteiger partial charge in [0.15, 0.2) is 0 Å². The van der Waals surface area contributed by atoms with Gasteiger partial charge in [0, 0.05) is 11.9 Å². The zero-order valence-corrected chi connectivity index (χ0v) is 10.3. The van der Waals surface area contributed by atoms with E-state index in [1.54, 1.807) is 12.1 Å². The van der Waals surface area contributed by atoms with E-state index in [1.807, 2.05) is 10.7 Å². The highest BCUT2D eigenvalue weighted by Crippen LogP contribution is 2.27. The normalized spacial score (nSPS) is 11.5. The van der Waals surface area contributed by atoms with Gasteiger partial charge in [0.25, 0.3) is 0 Å². The Kier molecular flexibility index (Phi) is 2.69. The van der Waals surface area contributed by atoms with Crippen LogP contribution in [0.15, 0.2) is 22.8 Å². The fourth-order valence-electron chi connectivity index (χ4n) is 1.61. The van der Waals surface area contributed by atoms with Gasteiger partial charge in [0.05, 0.1) is 5.52 Å². The largest absolute Gasteiger partial charge is 0.508 e. The van der Waals surface area contributed by atoms with Crippen molar-refractivity contribution in [1.29, 1.82) is 0 Å². The molecule has 3 nitrogen and oxygen atoms in total. The lowest BCUT2D eigenvalue weighted by atomic mass is 10.2. The highest BCUT2D eigenvalue weighted by atomic mass is 79.9. The Morgan fingerprint density at radius 1 is 1.47 bits per heavy atom. The summed E-state index contributed by atoms with van der Waals surface area (Å²) in [6.45, 7) is 5.19. The van der Waals surface area contributed by atoms with Gasteiger partial charge in [0.2, 0.25) is 0 Å². The molecule has 2 aromatic rings. The molecule has 0 aliphatic heterocycles. The third kappa shape index (κ3) is 2.00. The van der Waals surface area contributed by atoms with E-state index in [-0.39, 0.29) is 5.75 Å². The minimum atomic E-state index is 0.271.